The summed E-state index contributed by atoms with van der Waals surface area (Å²) in [6.45, 7) is 0.956. The van der Waals surface area contributed by atoms with E-state index < -0.39 is 0 Å². The molecule has 0 radical (unpaired) electrons. The van der Waals surface area contributed by atoms with Gasteiger partial charge in [-0.15, -0.1) is 11.3 Å². The monoisotopic (exact) mass is 254 g/mol. The molecule has 1 aliphatic rings. The Kier molecular flexibility index (Phi) is 3.42. The van der Waals surface area contributed by atoms with E-state index in [-0.39, 0.29) is 0 Å². The first kappa shape index (κ1) is 11.4. The first-order chi connectivity index (χ1) is 7.70. The van der Waals surface area contributed by atoms with Gasteiger partial charge in [-0.2, -0.15) is 10.3 Å². The van der Waals surface area contributed by atoms with Crippen molar-refractivity contribution >= 4 is 28.8 Å². The molecule has 2 rings (SSSR count). The number of aliphatic imine (C=N–C) groups is 1. The molecule has 1 aromatic rings. The van der Waals surface area contributed by atoms with Crippen molar-refractivity contribution in [2.24, 2.45) is 10.9 Å². The van der Waals surface area contributed by atoms with Gasteiger partial charge < -0.3 is 4.90 Å². The molecule has 0 aliphatic carbocycles. The predicted molar refractivity (Wildman–Crippen MR) is 64.6 cm³/mol. The highest BCUT2D eigenvalue weighted by molar-refractivity contribution is 7.15. The zero-order chi connectivity index (χ0) is 11.5. The van der Waals surface area contributed by atoms with Gasteiger partial charge in [0.25, 0.3) is 0 Å². The molecular weight excluding hydrogens is 244 g/mol. The largest absolute Gasteiger partial charge is 0.362 e. The topological polar surface area (TPSA) is 52.3 Å². The van der Waals surface area contributed by atoms with Crippen LogP contribution in [0.4, 0.5) is 0 Å². The van der Waals surface area contributed by atoms with Crippen LogP contribution in [0.1, 0.15) is 11.3 Å². The first-order valence-corrected chi connectivity index (χ1v) is 6.18. The summed E-state index contributed by atoms with van der Waals surface area (Å²) in [7, 11) is 1.97. The molecule has 0 saturated carbocycles. The van der Waals surface area contributed by atoms with E-state index in [9.17, 15) is 0 Å². The molecule has 0 spiro atoms. The zero-order valence-electron chi connectivity index (χ0n) is 8.85. The van der Waals surface area contributed by atoms with Crippen LogP contribution in [0, 0.1) is 17.4 Å². The summed E-state index contributed by atoms with van der Waals surface area (Å²) < 4.78 is 0.570. The Morgan fingerprint density at radius 1 is 1.81 bits per heavy atom. The maximum atomic E-state index is 8.64. The van der Waals surface area contributed by atoms with Crippen molar-refractivity contribution in [1.29, 1.82) is 5.26 Å². The van der Waals surface area contributed by atoms with Gasteiger partial charge in [0.15, 0.2) is 4.47 Å². The van der Waals surface area contributed by atoms with Crippen molar-refractivity contribution in [3.63, 3.8) is 0 Å². The number of rotatable bonds is 2. The quantitative estimate of drug-likeness (QED) is 0.760. The molecule has 1 atom stereocenters. The number of aromatic nitrogens is 1. The van der Waals surface area contributed by atoms with Crippen LogP contribution in [-0.4, -0.2) is 29.3 Å². The van der Waals surface area contributed by atoms with E-state index in [1.807, 2.05) is 18.1 Å². The molecule has 0 bridgehead atoms. The SMILES string of the molecule is CN1CCC(Cc2cnc(Cl)s2)C1=NC#N. The highest BCUT2D eigenvalue weighted by Gasteiger charge is 2.27. The lowest BCUT2D eigenvalue weighted by Gasteiger charge is -2.13. The lowest BCUT2D eigenvalue weighted by atomic mass is 10.0. The van der Waals surface area contributed by atoms with Gasteiger partial charge in [0.2, 0.25) is 6.19 Å². The molecule has 1 unspecified atom stereocenters. The number of amidine groups is 1. The third kappa shape index (κ3) is 2.34. The van der Waals surface area contributed by atoms with Crippen molar-refractivity contribution in [2.45, 2.75) is 12.8 Å². The second-order valence-corrected chi connectivity index (χ2v) is 5.46. The second kappa shape index (κ2) is 4.81. The molecule has 6 heteroatoms. The van der Waals surface area contributed by atoms with Crippen LogP contribution >= 0.6 is 22.9 Å². The van der Waals surface area contributed by atoms with Crippen LogP contribution in [0.3, 0.4) is 0 Å². The smallest absolute Gasteiger partial charge is 0.207 e. The Hall–Kier alpha value is -1.12. The number of hydrogen-bond donors (Lipinski definition) is 0. The van der Waals surface area contributed by atoms with E-state index in [0.717, 1.165) is 30.1 Å². The predicted octanol–water partition coefficient (Wildman–Crippen LogP) is 2.17. The van der Waals surface area contributed by atoms with Gasteiger partial charge in [0, 0.05) is 30.6 Å². The Morgan fingerprint density at radius 3 is 3.25 bits per heavy atom. The van der Waals surface area contributed by atoms with Crippen LogP contribution in [0.25, 0.3) is 0 Å². The number of thiazole rings is 1. The third-order valence-corrected chi connectivity index (χ3v) is 3.84. The van der Waals surface area contributed by atoms with Crippen LogP contribution < -0.4 is 0 Å². The fraction of sp³-hybridized carbons (Fsp3) is 0.500. The molecule has 1 aliphatic heterocycles. The van der Waals surface area contributed by atoms with E-state index in [4.69, 9.17) is 16.9 Å². The highest BCUT2D eigenvalue weighted by Crippen LogP contribution is 2.26. The van der Waals surface area contributed by atoms with Gasteiger partial charge in [-0.05, 0) is 12.8 Å². The zero-order valence-corrected chi connectivity index (χ0v) is 10.4. The fourth-order valence-corrected chi connectivity index (χ4v) is 3.00. The lowest BCUT2D eigenvalue weighted by molar-refractivity contribution is 0.546. The van der Waals surface area contributed by atoms with E-state index in [0.29, 0.717) is 10.4 Å². The minimum atomic E-state index is 0.321. The first-order valence-electron chi connectivity index (χ1n) is 4.98. The van der Waals surface area contributed by atoms with Crippen molar-refractivity contribution < 1.29 is 0 Å². The molecule has 0 N–H and O–H groups in total. The van der Waals surface area contributed by atoms with Gasteiger partial charge in [-0.25, -0.2) is 4.98 Å². The Morgan fingerprint density at radius 2 is 2.62 bits per heavy atom. The van der Waals surface area contributed by atoms with Gasteiger partial charge in [0.05, 0.1) is 0 Å². The maximum absolute atomic E-state index is 8.64. The summed E-state index contributed by atoms with van der Waals surface area (Å²) in [5, 5.41) is 8.64. The Labute approximate surface area is 103 Å². The van der Waals surface area contributed by atoms with Crippen molar-refractivity contribution in [3.05, 3.63) is 15.5 Å². The Bertz CT molecular complexity index is 448. The summed E-state index contributed by atoms with van der Waals surface area (Å²) in [6, 6.07) is 0. The number of halogens is 1. The van der Waals surface area contributed by atoms with Gasteiger partial charge in [-0.3, -0.25) is 0 Å². The molecule has 16 heavy (non-hydrogen) atoms. The van der Waals surface area contributed by atoms with Gasteiger partial charge in [-0.1, -0.05) is 11.6 Å². The van der Waals surface area contributed by atoms with Crippen molar-refractivity contribution in [3.8, 4) is 6.19 Å². The van der Waals surface area contributed by atoms with E-state index in [1.54, 1.807) is 6.20 Å². The van der Waals surface area contributed by atoms with E-state index in [2.05, 4.69) is 9.98 Å². The molecule has 1 saturated heterocycles. The van der Waals surface area contributed by atoms with Crippen LogP contribution in [-0.2, 0) is 6.42 Å². The number of nitrogens with zero attached hydrogens (tertiary/aromatic N) is 4. The average molecular weight is 255 g/mol. The Balaban J connectivity index is 2.11. The number of likely N-dealkylation sites (tertiary alicyclic amines) is 1. The van der Waals surface area contributed by atoms with Gasteiger partial charge in [0.1, 0.15) is 5.84 Å². The summed E-state index contributed by atoms with van der Waals surface area (Å²) >= 11 is 7.28. The minimum absolute atomic E-state index is 0.321. The molecule has 1 fully saturated rings. The normalized spacial score (nSPS) is 22.7. The lowest BCUT2D eigenvalue weighted by Crippen LogP contribution is -2.23. The summed E-state index contributed by atoms with van der Waals surface area (Å²) in [5.41, 5.74) is 0. The standard InChI is InChI=1S/C10H11ClN4S/c1-15-3-2-7(9(15)14-6-12)4-8-5-13-10(11)16-8/h5,7H,2-4H2,1H3. The number of hydrogen-bond acceptors (Lipinski definition) is 4. The molecule has 4 nitrogen and oxygen atoms in total. The minimum Gasteiger partial charge on any atom is -0.362 e. The van der Waals surface area contributed by atoms with Crippen LogP contribution in [0.15, 0.2) is 11.2 Å². The molecular formula is C10H11ClN4S. The van der Waals surface area contributed by atoms with E-state index in [1.165, 1.54) is 11.3 Å². The summed E-state index contributed by atoms with van der Waals surface area (Å²) in [4.78, 5) is 11.1. The van der Waals surface area contributed by atoms with E-state index >= 15 is 0 Å². The average Bonchev–Trinajstić information content (AvgIpc) is 2.79. The fourth-order valence-electron chi connectivity index (χ4n) is 1.95. The second-order valence-electron chi connectivity index (χ2n) is 3.76. The highest BCUT2D eigenvalue weighted by atomic mass is 35.5. The summed E-state index contributed by atoms with van der Waals surface area (Å²) in [5.74, 6) is 1.20. The maximum Gasteiger partial charge on any atom is 0.207 e. The van der Waals surface area contributed by atoms with Crippen LogP contribution in [0.5, 0.6) is 0 Å². The molecule has 2 heterocycles. The van der Waals surface area contributed by atoms with Crippen LogP contribution in [0.2, 0.25) is 4.47 Å². The van der Waals surface area contributed by atoms with Crippen molar-refractivity contribution in [1.82, 2.24) is 9.88 Å². The third-order valence-electron chi connectivity index (χ3n) is 2.71. The number of nitriles is 1. The molecule has 1 aromatic heterocycles. The molecule has 84 valence electrons. The van der Waals surface area contributed by atoms with Gasteiger partial charge >= 0.3 is 0 Å². The molecule has 0 amide bonds. The van der Waals surface area contributed by atoms with Crippen molar-refractivity contribution in [2.75, 3.05) is 13.6 Å². The molecule has 0 aromatic carbocycles. The summed E-state index contributed by atoms with van der Waals surface area (Å²) in [6.07, 6.45) is 5.57.